The number of halogens is 1. The molecule has 0 bridgehead atoms. The molecule has 1 aliphatic rings. The van der Waals surface area contributed by atoms with Crippen LogP contribution in [0.4, 0.5) is 5.13 Å². The van der Waals surface area contributed by atoms with Gasteiger partial charge in [0.1, 0.15) is 0 Å². The van der Waals surface area contributed by atoms with Crippen LogP contribution in [0.3, 0.4) is 0 Å². The molecule has 1 aliphatic heterocycles. The van der Waals surface area contributed by atoms with Gasteiger partial charge in [0.25, 0.3) is 0 Å². The Balaban J connectivity index is 2.26. The first-order chi connectivity index (χ1) is 7.63. The summed E-state index contributed by atoms with van der Waals surface area (Å²) in [5.41, 5.74) is 0. The predicted octanol–water partition coefficient (Wildman–Crippen LogP) is 2.57. The van der Waals surface area contributed by atoms with Crippen LogP contribution in [0.2, 0.25) is 5.15 Å². The van der Waals surface area contributed by atoms with Crippen molar-refractivity contribution in [3.05, 3.63) is 10.0 Å². The predicted molar refractivity (Wildman–Crippen MR) is 64.5 cm³/mol. The van der Waals surface area contributed by atoms with Gasteiger partial charge in [0, 0.05) is 12.6 Å². The minimum atomic E-state index is -0.416. The van der Waals surface area contributed by atoms with Gasteiger partial charge >= 0.3 is 5.97 Å². The Morgan fingerprint density at radius 2 is 2.44 bits per heavy atom. The van der Waals surface area contributed by atoms with Crippen LogP contribution < -0.4 is 4.90 Å². The highest BCUT2D eigenvalue weighted by molar-refractivity contribution is 7.18. The zero-order chi connectivity index (χ0) is 11.7. The van der Waals surface area contributed by atoms with Crippen molar-refractivity contribution < 1.29 is 9.53 Å². The van der Waals surface area contributed by atoms with Crippen molar-refractivity contribution in [3.63, 3.8) is 0 Å². The van der Waals surface area contributed by atoms with E-state index in [1.165, 1.54) is 18.4 Å². The highest BCUT2D eigenvalue weighted by Gasteiger charge is 2.26. The molecule has 16 heavy (non-hydrogen) atoms. The molecule has 1 aromatic heterocycles. The molecule has 0 aliphatic carbocycles. The van der Waals surface area contributed by atoms with Crippen molar-refractivity contribution in [1.29, 1.82) is 0 Å². The number of carbonyl (C=O) groups excluding carboxylic acids is 1. The zero-order valence-electron chi connectivity index (χ0n) is 9.20. The van der Waals surface area contributed by atoms with E-state index in [9.17, 15) is 4.79 Å². The number of aromatic nitrogens is 1. The van der Waals surface area contributed by atoms with Crippen LogP contribution in [0.1, 0.15) is 29.4 Å². The number of ether oxygens (including phenoxy) is 1. The molecule has 2 heterocycles. The number of carbonyl (C=O) groups is 1. The molecule has 0 radical (unpaired) electrons. The molecular formula is C10H13ClN2O2S. The number of methoxy groups -OCH3 is 1. The Bertz CT molecular complexity index is 408. The van der Waals surface area contributed by atoms with Crippen molar-refractivity contribution in [2.24, 2.45) is 0 Å². The van der Waals surface area contributed by atoms with Crippen LogP contribution in [0.15, 0.2) is 0 Å². The van der Waals surface area contributed by atoms with E-state index in [2.05, 4.69) is 21.5 Å². The fourth-order valence-electron chi connectivity index (χ4n) is 1.85. The Kier molecular flexibility index (Phi) is 3.35. The molecule has 0 spiro atoms. The number of nitrogens with zero attached hydrogens (tertiary/aromatic N) is 2. The average Bonchev–Trinajstić information content (AvgIpc) is 2.83. The van der Waals surface area contributed by atoms with E-state index in [0.29, 0.717) is 10.9 Å². The molecular weight excluding hydrogens is 248 g/mol. The fraction of sp³-hybridized carbons (Fsp3) is 0.600. The number of esters is 1. The number of hydrogen-bond acceptors (Lipinski definition) is 5. The van der Waals surface area contributed by atoms with E-state index < -0.39 is 5.97 Å². The lowest BCUT2D eigenvalue weighted by atomic mass is 10.2. The fourth-order valence-corrected chi connectivity index (χ4v) is 3.18. The summed E-state index contributed by atoms with van der Waals surface area (Å²) in [4.78, 5) is 18.2. The average molecular weight is 261 g/mol. The lowest BCUT2D eigenvalue weighted by Crippen LogP contribution is -2.25. The summed E-state index contributed by atoms with van der Waals surface area (Å²) in [7, 11) is 1.34. The van der Waals surface area contributed by atoms with Gasteiger partial charge in [-0.1, -0.05) is 22.9 Å². The first-order valence-electron chi connectivity index (χ1n) is 5.14. The van der Waals surface area contributed by atoms with E-state index in [0.717, 1.165) is 24.5 Å². The van der Waals surface area contributed by atoms with Gasteiger partial charge in [-0.25, -0.2) is 9.78 Å². The topological polar surface area (TPSA) is 42.4 Å². The summed E-state index contributed by atoms with van der Waals surface area (Å²) in [6.07, 6.45) is 2.32. The molecule has 1 unspecified atom stereocenters. The van der Waals surface area contributed by atoms with Gasteiger partial charge in [0.05, 0.1) is 7.11 Å². The van der Waals surface area contributed by atoms with Gasteiger partial charge in [-0.15, -0.1) is 0 Å². The number of anilines is 1. The summed E-state index contributed by atoms with van der Waals surface area (Å²) in [5.74, 6) is -0.416. The van der Waals surface area contributed by atoms with Crippen LogP contribution in [0.5, 0.6) is 0 Å². The summed E-state index contributed by atoms with van der Waals surface area (Å²) >= 11 is 7.22. The molecule has 88 valence electrons. The quantitative estimate of drug-likeness (QED) is 0.767. The van der Waals surface area contributed by atoms with Gasteiger partial charge < -0.3 is 9.64 Å². The van der Waals surface area contributed by atoms with Gasteiger partial charge in [-0.2, -0.15) is 0 Å². The molecule has 0 saturated carbocycles. The Hall–Kier alpha value is -0.810. The number of thiazole rings is 1. The molecule has 2 rings (SSSR count). The molecule has 1 saturated heterocycles. The maximum Gasteiger partial charge on any atom is 0.351 e. The SMILES string of the molecule is COC(=O)c1sc(N2CCCC2C)nc1Cl. The number of rotatable bonds is 2. The van der Waals surface area contributed by atoms with E-state index >= 15 is 0 Å². The standard InChI is InChI=1S/C10H13ClN2O2S/c1-6-4-3-5-13(6)10-12-8(11)7(16-10)9(14)15-2/h6H,3-5H2,1-2H3. The van der Waals surface area contributed by atoms with Crippen LogP contribution >= 0.6 is 22.9 Å². The monoisotopic (exact) mass is 260 g/mol. The van der Waals surface area contributed by atoms with E-state index in [4.69, 9.17) is 11.6 Å². The van der Waals surface area contributed by atoms with Crippen LogP contribution in [0, 0.1) is 0 Å². The highest BCUT2D eigenvalue weighted by atomic mass is 35.5. The minimum absolute atomic E-state index is 0.242. The summed E-state index contributed by atoms with van der Waals surface area (Å²) in [5, 5.41) is 1.06. The lowest BCUT2D eigenvalue weighted by molar-refractivity contribution is 0.0606. The molecule has 0 N–H and O–H groups in total. The normalized spacial score (nSPS) is 20.2. The summed E-state index contributed by atoms with van der Waals surface area (Å²) in [6.45, 7) is 3.13. The summed E-state index contributed by atoms with van der Waals surface area (Å²) in [6, 6.07) is 0.465. The third-order valence-corrected chi connectivity index (χ3v) is 4.20. The molecule has 1 aromatic rings. The molecule has 4 nitrogen and oxygen atoms in total. The van der Waals surface area contributed by atoms with Crippen molar-refractivity contribution in [3.8, 4) is 0 Å². The molecule has 1 atom stereocenters. The number of hydrogen-bond donors (Lipinski definition) is 0. The second kappa shape index (κ2) is 4.59. The third kappa shape index (κ3) is 2.01. The van der Waals surface area contributed by atoms with Gasteiger partial charge in [-0.3, -0.25) is 0 Å². The highest BCUT2D eigenvalue weighted by Crippen LogP contribution is 2.33. The van der Waals surface area contributed by atoms with Gasteiger partial charge in [-0.05, 0) is 19.8 Å². The lowest BCUT2D eigenvalue weighted by Gasteiger charge is -2.19. The minimum Gasteiger partial charge on any atom is -0.465 e. The zero-order valence-corrected chi connectivity index (χ0v) is 10.8. The van der Waals surface area contributed by atoms with Crippen molar-refractivity contribution in [1.82, 2.24) is 4.98 Å². The molecule has 0 aromatic carbocycles. The van der Waals surface area contributed by atoms with Crippen LogP contribution in [0.25, 0.3) is 0 Å². The Labute approximate surface area is 103 Å². The second-order valence-electron chi connectivity index (χ2n) is 3.79. The van der Waals surface area contributed by atoms with Crippen molar-refractivity contribution >= 4 is 34.0 Å². The molecule has 6 heteroatoms. The first-order valence-corrected chi connectivity index (χ1v) is 6.34. The first kappa shape index (κ1) is 11.7. The summed E-state index contributed by atoms with van der Waals surface area (Å²) < 4.78 is 4.65. The molecule has 0 amide bonds. The van der Waals surface area contributed by atoms with Crippen molar-refractivity contribution in [2.45, 2.75) is 25.8 Å². The van der Waals surface area contributed by atoms with E-state index in [1.807, 2.05) is 0 Å². The van der Waals surface area contributed by atoms with E-state index in [1.54, 1.807) is 0 Å². The second-order valence-corrected chi connectivity index (χ2v) is 5.13. The maximum atomic E-state index is 11.4. The Morgan fingerprint density at radius 1 is 1.69 bits per heavy atom. The third-order valence-electron chi connectivity index (χ3n) is 2.74. The smallest absolute Gasteiger partial charge is 0.351 e. The Morgan fingerprint density at radius 3 is 3.00 bits per heavy atom. The van der Waals surface area contributed by atoms with Crippen LogP contribution in [-0.4, -0.2) is 30.6 Å². The van der Waals surface area contributed by atoms with E-state index in [-0.39, 0.29) is 5.15 Å². The largest absolute Gasteiger partial charge is 0.465 e. The van der Waals surface area contributed by atoms with Gasteiger partial charge in [0.2, 0.25) is 0 Å². The van der Waals surface area contributed by atoms with Crippen molar-refractivity contribution in [2.75, 3.05) is 18.6 Å². The van der Waals surface area contributed by atoms with Gasteiger partial charge in [0.15, 0.2) is 15.2 Å². The van der Waals surface area contributed by atoms with Crippen LogP contribution in [-0.2, 0) is 4.74 Å². The molecule has 1 fully saturated rings. The maximum absolute atomic E-state index is 11.4.